The molecule has 0 unspecified atom stereocenters. The van der Waals surface area contributed by atoms with E-state index in [1.807, 2.05) is 23.1 Å². The quantitative estimate of drug-likeness (QED) is 0.725. The predicted octanol–water partition coefficient (Wildman–Crippen LogP) is 1.83. The molecule has 3 aliphatic rings. The van der Waals surface area contributed by atoms with Crippen LogP contribution in [-0.4, -0.2) is 42.1 Å². The van der Waals surface area contributed by atoms with Gasteiger partial charge >= 0.3 is 0 Å². The standard InChI is InChI=1S/C13H11ClN4O/c14-8-2-3-9-10(6-8)18-7-11(19)16-13(18)12(15-9)17-4-1-5-17/h2-3,6H,1,4-5,7H2. The second-order valence-corrected chi connectivity index (χ2v) is 5.26. The Morgan fingerprint density at radius 1 is 1.16 bits per heavy atom. The first-order chi connectivity index (χ1) is 9.22. The van der Waals surface area contributed by atoms with E-state index in [1.165, 1.54) is 0 Å². The van der Waals surface area contributed by atoms with E-state index in [2.05, 4.69) is 14.9 Å². The molecule has 4 rings (SSSR count). The largest absolute Gasteiger partial charge is 0.353 e. The van der Waals surface area contributed by atoms with Gasteiger partial charge in [-0.1, -0.05) is 11.6 Å². The lowest BCUT2D eigenvalue weighted by molar-refractivity contribution is -0.115. The first kappa shape index (κ1) is 11.0. The van der Waals surface area contributed by atoms with Crippen molar-refractivity contribution in [2.75, 3.05) is 24.5 Å². The number of benzene rings is 1. The van der Waals surface area contributed by atoms with Crippen molar-refractivity contribution in [2.45, 2.75) is 6.42 Å². The highest BCUT2D eigenvalue weighted by atomic mass is 35.5. The normalized spacial score (nSPS) is 20.6. The zero-order valence-corrected chi connectivity index (χ0v) is 10.9. The molecule has 0 atom stereocenters. The van der Waals surface area contributed by atoms with Crippen LogP contribution in [-0.2, 0) is 4.79 Å². The molecule has 6 heteroatoms. The highest BCUT2D eigenvalue weighted by Gasteiger charge is 2.37. The van der Waals surface area contributed by atoms with E-state index >= 15 is 0 Å². The predicted molar refractivity (Wildman–Crippen MR) is 74.5 cm³/mol. The van der Waals surface area contributed by atoms with Gasteiger partial charge in [0, 0.05) is 18.1 Å². The number of hydrogen-bond donors (Lipinski definition) is 0. The lowest BCUT2D eigenvalue weighted by Gasteiger charge is -2.38. The molecule has 1 saturated heterocycles. The Balaban J connectivity index is 1.89. The molecule has 19 heavy (non-hydrogen) atoms. The Morgan fingerprint density at radius 3 is 2.74 bits per heavy atom. The van der Waals surface area contributed by atoms with Gasteiger partial charge in [0.15, 0.2) is 11.7 Å². The number of carbonyl (C=O) groups excluding carboxylic acids is 1. The topological polar surface area (TPSA) is 48.3 Å². The van der Waals surface area contributed by atoms with Crippen molar-refractivity contribution in [3.63, 3.8) is 0 Å². The molecule has 1 amide bonds. The minimum Gasteiger partial charge on any atom is -0.353 e. The molecule has 96 valence electrons. The van der Waals surface area contributed by atoms with Crippen LogP contribution in [0.3, 0.4) is 0 Å². The number of anilines is 1. The lowest BCUT2D eigenvalue weighted by Crippen LogP contribution is -2.50. The van der Waals surface area contributed by atoms with E-state index in [9.17, 15) is 4.79 Å². The molecule has 0 N–H and O–H groups in total. The highest BCUT2D eigenvalue weighted by molar-refractivity contribution is 6.50. The molecule has 3 aliphatic heterocycles. The Bertz CT molecular complexity index is 648. The van der Waals surface area contributed by atoms with Gasteiger partial charge in [0.25, 0.3) is 5.91 Å². The summed E-state index contributed by atoms with van der Waals surface area (Å²) < 4.78 is 0. The first-order valence-corrected chi connectivity index (χ1v) is 6.63. The van der Waals surface area contributed by atoms with Crippen LogP contribution in [0.1, 0.15) is 6.42 Å². The van der Waals surface area contributed by atoms with Crippen LogP contribution in [0.2, 0.25) is 5.02 Å². The fourth-order valence-electron chi connectivity index (χ4n) is 2.51. The molecule has 0 radical (unpaired) electrons. The molecular weight excluding hydrogens is 264 g/mol. The summed E-state index contributed by atoms with van der Waals surface area (Å²) in [5.74, 6) is 1.35. The zero-order valence-electron chi connectivity index (χ0n) is 10.1. The summed E-state index contributed by atoms with van der Waals surface area (Å²) in [7, 11) is 0. The highest BCUT2D eigenvalue weighted by Crippen LogP contribution is 2.37. The van der Waals surface area contributed by atoms with Gasteiger partial charge in [-0.05, 0) is 24.6 Å². The van der Waals surface area contributed by atoms with Crippen LogP contribution in [0, 0.1) is 0 Å². The molecule has 1 fully saturated rings. The van der Waals surface area contributed by atoms with E-state index in [0.717, 1.165) is 36.7 Å². The third kappa shape index (κ3) is 1.58. The van der Waals surface area contributed by atoms with Crippen molar-refractivity contribution in [1.29, 1.82) is 0 Å². The summed E-state index contributed by atoms with van der Waals surface area (Å²) >= 11 is 6.03. The maximum Gasteiger partial charge on any atom is 0.267 e. The number of halogens is 1. The van der Waals surface area contributed by atoms with Gasteiger partial charge in [-0.15, -0.1) is 0 Å². The van der Waals surface area contributed by atoms with Crippen molar-refractivity contribution >= 4 is 40.6 Å². The number of hydrogen-bond acceptors (Lipinski definition) is 4. The summed E-state index contributed by atoms with van der Waals surface area (Å²) in [6.07, 6.45) is 1.16. The summed E-state index contributed by atoms with van der Waals surface area (Å²) in [6, 6.07) is 5.54. The second kappa shape index (κ2) is 3.81. The fourth-order valence-corrected chi connectivity index (χ4v) is 2.67. The van der Waals surface area contributed by atoms with Crippen LogP contribution >= 0.6 is 11.6 Å². The van der Waals surface area contributed by atoms with Crippen molar-refractivity contribution in [2.24, 2.45) is 9.98 Å². The number of rotatable bonds is 0. The SMILES string of the molecule is O=C1CN2C(=N1)C(N1CCC1)=Nc1ccc(Cl)cc12. The second-order valence-electron chi connectivity index (χ2n) is 4.82. The van der Waals surface area contributed by atoms with E-state index < -0.39 is 0 Å². The third-order valence-electron chi connectivity index (χ3n) is 3.59. The van der Waals surface area contributed by atoms with Crippen molar-refractivity contribution in [3.8, 4) is 0 Å². The van der Waals surface area contributed by atoms with Gasteiger partial charge in [0.1, 0.15) is 6.54 Å². The van der Waals surface area contributed by atoms with Gasteiger partial charge < -0.3 is 9.80 Å². The Kier molecular flexibility index (Phi) is 2.20. The van der Waals surface area contributed by atoms with Gasteiger partial charge in [0.05, 0.1) is 11.4 Å². The number of carbonyl (C=O) groups is 1. The van der Waals surface area contributed by atoms with E-state index in [0.29, 0.717) is 10.9 Å². The van der Waals surface area contributed by atoms with Crippen LogP contribution in [0.15, 0.2) is 28.2 Å². The molecule has 0 aliphatic carbocycles. The molecule has 5 nitrogen and oxygen atoms in total. The van der Waals surface area contributed by atoms with E-state index in [4.69, 9.17) is 11.6 Å². The Hall–Kier alpha value is -1.88. The zero-order chi connectivity index (χ0) is 13.0. The minimum absolute atomic E-state index is 0.129. The summed E-state index contributed by atoms with van der Waals surface area (Å²) in [6.45, 7) is 2.22. The smallest absolute Gasteiger partial charge is 0.267 e. The number of aliphatic imine (C=N–C) groups is 2. The third-order valence-corrected chi connectivity index (χ3v) is 3.82. The molecule has 0 spiro atoms. The van der Waals surface area contributed by atoms with Gasteiger partial charge in [-0.2, -0.15) is 4.99 Å². The van der Waals surface area contributed by atoms with Gasteiger partial charge in [-0.25, -0.2) is 4.99 Å². The molecule has 0 aromatic heterocycles. The first-order valence-electron chi connectivity index (χ1n) is 6.25. The number of nitrogens with zero attached hydrogens (tertiary/aromatic N) is 4. The number of likely N-dealkylation sites (tertiary alicyclic amines) is 1. The van der Waals surface area contributed by atoms with Crippen molar-refractivity contribution in [3.05, 3.63) is 23.2 Å². The van der Waals surface area contributed by atoms with Gasteiger partial charge in [-0.3, -0.25) is 4.79 Å². The fraction of sp³-hybridized carbons (Fsp3) is 0.308. The number of amidine groups is 2. The van der Waals surface area contributed by atoms with Crippen molar-refractivity contribution in [1.82, 2.24) is 4.90 Å². The molecular formula is C13H11ClN4O. The Labute approximate surface area is 115 Å². The van der Waals surface area contributed by atoms with Crippen molar-refractivity contribution < 1.29 is 4.79 Å². The van der Waals surface area contributed by atoms with E-state index in [1.54, 1.807) is 0 Å². The maximum atomic E-state index is 11.6. The minimum atomic E-state index is -0.129. The van der Waals surface area contributed by atoms with Crippen LogP contribution in [0.25, 0.3) is 0 Å². The summed E-state index contributed by atoms with van der Waals surface area (Å²) in [5.41, 5.74) is 1.71. The average molecular weight is 275 g/mol. The Morgan fingerprint density at radius 2 is 2.00 bits per heavy atom. The van der Waals surface area contributed by atoms with Crippen LogP contribution < -0.4 is 4.90 Å². The maximum absolute atomic E-state index is 11.6. The summed E-state index contributed by atoms with van der Waals surface area (Å²) in [4.78, 5) is 24.5. The monoisotopic (exact) mass is 274 g/mol. The molecule has 1 aromatic carbocycles. The molecule has 3 heterocycles. The van der Waals surface area contributed by atoms with Crippen LogP contribution in [0.4, 0.5) is 11.4 Å². The van der Waals surface area contributed by atoms with E-state index in [-0.39, 0.29) is 12.5 Å². The number of amides is 1. The average Bonchev–Trinajstić information content (AvgIpc) is 2.70. The van der Waals surface area contributed by atoms with Gasteiger partial charge in [0.2, 0.25) is 0 Å². The lowest BCUT2D eigenvalue weighted by atomic mass is 10.1. The van der Waals surface area contributed by atoms with Crippen LogP contribution in [0.5, 0.6) is 0 Å². The molecule has 1 aromatic rings. The number of fused-ring (bicyclic) bond motifs is 3. The summed E-state index contributed by atoms with van der Waals surface area (Å²) in [5, 5.41) is 0.639. The molecule has 0 saturated carbocycles. The molecule has 0 bridgehead atoms.